The third-order valence-electron chi connectivity index (χ3n) is 4.91. The smallest absolute Gasteiger partial charge is 0.282 e. The van der Waals surface area contributed by atoms with Crippen LogP contribution in [0.5, 0.6) is 0 Å². The van der Waals surface area contributed by atoms with E-state index in [-0.39, 0.29) is 5.56 Å². The fraction of sp³-hybridized carbons (Fsp3) is 0.333. The zero-order chi connectivity index (χ0) is 14.7. The fourth-order valence-corrected chi connectivity index (χ4v) is 5.23. The quantitative estimate of drug-likeness (QED) is 0.464. The van der Waals surface area contributed by atoms with Gasteiger partial charge in [0.1, 0.15) is 10.7 Å². The maximum atomic E-state index is 12.7. The molecule has 1 aliphatic carbocycles. The SMILES string of the molecule is O=c1nc2n(c3sc4c(c13)CCCCC4)Cc1ccccc1-2. The molecule has 0 fully saturated rings. The van der Waals surface area contributed by atoms with Gasteiger partial charge in [0.05, 0.1) is 11.9 Å². The van der Waals surface area contributed by atoms with Crippen LogP contribution >= 0.6 is 11.3 Å². The Morgan fingerprint density at radius 3 is 2.91 bits per heavy atom. The molecule has 0 spiro atoms. The number of aromatic nitrogens is 2. The molecule has 2 aliphatic rings. The lowest BCUT2D eigenvalue weighted by molar-refractivity contribution is 0.713. The fourth-order valence-electron chi connectivity index (χ4n) is 3.85. The Labute approximate surface area is 132 Å². The minimum absolute atomic E-state index is 0.0302. The first-order valence-electron chi connectivity index (χ1n) is 7.96. The van der Waals surface area contributed by atoms with Gasteiger partial charge < -0.3 is 4.57 Å². The monoisotopic (exact) mass is 308 g/mol. The summed E-state index contributed by atoms with van der Waals surface area (Å²) in [5.41, 5.74) is 3.65. The third kappa shape index (κ3) is 1.61. The van der Waals surface area contributed by atoms with Crippen LogP contribution in [-0.2, 0) is 19.4 Å². The van der Waals surface area contributed by atoms with Crippen molar-refractivity contribution in [1.29, 1.82) is 0 Å². The Morgan fingerprint density at radius 1 is 1.09 bits per heavy atom. The van der Waals surface area contributed by atoms with Gasteiger partial charge >= 0.3 is 0 Å². The van der Waals surface area contributed by atoms with E-state index in [2.05, 4.69) is 27.8 Å². The maximum Gasteiger partial charge on any atom is 0.282 e. The van der Waals surface area contributed by atoms with Gasteiger partial charge in [-0.15, -0.1) is 11.3 Å². The molecule has 0 amide bonds. The van der Waals surface area contributed by atoms with Crippen LogP contribution in [0.2, 0.25) is 0 Å². The first-order chi connectivity index (χ1) is 10.8. The molecule has 5 rings (SSSR count). The number of hydrogen-bond donors (Lipinski definition) is 0. The summed E-state index contributed by atoms with van der Waals surface area (Å²) in [5.74, 6) is 0.851. The van der Waals surface area contributed by atoms with E-state index in [1.54, 1.807) is 0 Å². The van der Waals surface area contributed by atoms with Crippen molar-refractivity contribution >= 4 is 21.6 Å². The predicted octanol–water partition coefficient (Wildman–Crippen LogP) is 3.76. The zero-order valence-corrected chi connectivity index (χ0v) is 13.1. The zero-order valence-electron chi connectivity index (χ0n) is 12.3. The standard InChI is InChI=1S/C18H16N2OS/c21-17-15-13-8-2-1-3-9-14(13)22-18(15)20-10-11-6-4-5-7-12(11)16(20)19-17/h4-7H,1-3,8-10H2. The Balaban J connectivity index is 1.85. The second kappa shape index (κ2) is 4.53. The molecule has 110 valence electrons. The van der Waals surface area contributed by atoms with Gasteiger partial charge in [0.15, 0.2) is 0 Å². The minimum atomic E-state index is -0.0302. The number of benzene rings is 1. The van der Waals surface area contributed by atoms with Gasteiger partial charge in [-0.25, -0.2) is 0 Å². The topological polar surface area (TPSA) is 34.9 Å². The van der Waals surface area contributed by atoms with E-state index in [1.165, 1.54) is 35.3 Å². The Hall–Kier alpha value is -1.94. The van der Waals surface area contributed by atoms with Gasteiger partial charge in [0.25, 0.3) is 5.56 Å². The van der Waals surface area contributed by atoms with Crippen LogP contribution in [0, 0.1) is 0 Å². The summed E-state index contributed by atoms with van der Waals surface area (Å²) < 4.78 is 2.25. The number of nitrogens with zero attached hydrogens (tertiary/aromatic N) is 2. The van der Waals surface area contributed by atoms with Crippen molar-refractivity contribution in [3.63, 3.8) is 0 Å². The summed E-state index contributed by atoms with van der Waals surface area (Å²) in [6, 6.07) is 8.29. The van der Waals surface area contributed by atoms with E-state index in [0.717, 1.165) is 41.0 Å². The highest BCUT2D eigenvalue weighted by molar-refractivity contribution is 7.18. The van der Waals surface area contributed by atoms with Crippen LogP contribution < -0.4 is 5.56 Å². The molecule has 0 saturated heterocycles. The average molecular weight is 308 g/mol. The lowest BCUT2D eigenvalue weighted by Gasteiger charge is -2.05. The van der Waals surface area contributed by atoms with Crippen molar-refractivity contribution in [2.24, 2.45) is 0 Å². The van der Waals surface area contributed by atoms with E-state index in [9.17, 15) is 4.79 Å². The summed E-state index contributed by atoms with van der Waals surface area (Å²) in [4.78, 5) is 19.7. The molecule has 2 aromatic heterocycles. The largest absolute Gasteiger partial charge is 0.312 e. The van der Waals surface area contributed by atoms with Crippen LogP contribution in [-0.4, -0.2) is 9.55 Å². The van der Waals surface area contributed by atoms with Gasteiger partial charge in [-0.05, 0) is 36.8 Å². The minimum Gasteiger partial charge on any atom is -0.312 e. The number of fused-ring (bicyclic) bond motifs is 7. The van der Waals surface area contributed by atoms with Crippen molar-refractivity contribution in [3.8, 4) is 11.4 Å². The number of hydrogen-bond acceptors (Lipinski definition) is 3. The molecule has 22 heavy (non-hydrogen) atoms. The van der Waals surface area contributed by atoms with E-state index >= 15 is 0 Å². The van der Waals surface area contributed by atoms with Gasteiger partial charge in [-0.2, -0.15) is 4.98 Å². The molecule has 1 aliphatic heterocycles. The van der Waals surface area contributed by atoms with Gasteiger partial charge in [0, 0.05) is 10.4 Å². The van der Waals surface area contributed by atoms with Crippen molar-refractivity contribution in [2.45, 2.75) is 38.6 Å². The van der Waals surface area contributed by atoms with Crippen LogP contribution in [0.4, 0.5) is 0 Å². The van der Waals surface area contributed by atoms with Gasteiger partial charge in [0.2, 0.25) is 0 Å². The highest BCUT2D eigenvalue weighted by Crippen LogP contribution is 2.38. The molecule has 0 unspecified atom stereocenters. The molecule has 0 radical (unpaired) electrons. The lowest BCUT2D eigenvalue weighted by Crippen LogP contribution is -2.13. The molecule has 0 bridgehead atoms. The molecule has 0 atom stereocenters. The summed E-state index contributed by atoms with van der Waals surface area (Å²) in [6.07, 6.45) is 5.87. The Kier molecular flexibility index (Phi) is 2.59. The van der Waals surface area contributed by atoms with E-state index in [0.29, 0.717) is 0 Å². The summed E-state index contributed by atoms with van der Waals surface area (Å²) in [6.45, 7) is 0.842. The summed E-state index contributed by atoms with van der Waals surface area (Å²) in [5, 5.41) is 0.901. The molecule has 0 saturated carbocycles. The normalized spacial score (nSPS) is 16.2. The Bertz CT molecular complexity index is 967. The van der Waals surface area contributed by atoms with Crippen molar-refractivity contribution in [3.05, 3.63) is 50.6 Å². The second-order valence-electron chi connectivity index (χ2n) is 6.23. The number of rotatable bonds is 0. The Morgan fingerprint density at radius 2 is 1.95 bits per heavy atom. The van der Waals surface area contributed by atoms with Crippen molar-refractivity contribution in [2.75, 3.05) is 0 Å². The molecule has 3 heterocycles. The van der Waals surface area contributed by atoms with Crippen molar-refractivity contribution in [1.82, 2.24) is 9.55 Å². The van der Waals surface area contributed by atoms with Crippen LogP contribution in [0.25, 0.3) is 21.6 Å². The molecule has 4 heteroatoms. The van der Waals surface area contributed by atoms with Gasteiger partial charge in [-0.3, -0.25) is 4.79 Å². The van der Waals surface area contributed by atoms with Crippen LogP contribution in [0.3, 0.4) is 0 Å². The molecular weight excluding hydrogens is 292 g/mol. The molecular formula is C18H16N2OS. The third-order valence-corrected chi connectivity index (χ3v) is 6.23. The molecule has 1 aromatic carbocycles. The number of aryl methyl sites for hydroxylation is 2. The molecule has 3 aromatic rings. The molecule has 3 nitrogen and oxygen atoms in total. The second-order valence-corrected chi connectivity index (χ2v) is 7.31. The first kappa shape index (κ1) is 12.6. The average Bonchev–Trinajstić information content (AvgIpc) is 2.99. The van der Waals surface area contributed by atoms with Gasteiger partial charge in [-0.1, -0.05) is 30.7 Å². The predicted molar refractivity (Wildman–Crippen MR) is 89.7 cm³/mol. The van der Waals surface area contributed by atoms with E-state index < -0.39 is 0 Å². The van der Waals surface area contributed by atoms with Crippen LogP contribution in [0.1, 0.15) is 35.3 Å². The van der Waals surface area contributed by atoms with Crippen molar-refractivity contribution < 1.29 is 0 Å². The van der Waals surface area contributed by atoms with E-state index in [1.807, 2.05) is 17.4 Å². The molecule has 0 N–H and O–H groups in total. The van der Waals surface area contributed by atoms with E-state index in [4.69, 9.17) is 0 Å². The lowest BCUT2D eigenvalue weighted by atomic mass is 10.1. The number of thiophene rings is 1. The highest BCUT2D eigenvalue weighted by Gasteiger charge is 2.26. The first-order valence-corrected chi connectivity index (χ1v) is 8.78. The van der Waals surface area contributed by atoms with Crippen LogP contribution in [0.15, 0.2) is 29.1 Å². The highest BCUT2D eigenvalue weighted by atomic mass is 32.1. The summed E-state index contributed by atoms with van der Waals surface area (Å²) >= 11 is 1.83. The summed E-state index contributed by atoms with van der Waals surface area (Å²) in [7, 11) is 0. The maximum absolute atomic E-state index is 12.7.